The average Bonchev–Trinajstić information content (AvgIpc) is 3.11. The van der Waals surface area contributed by atoms with Gasteiger partial charge in [-0.15, -0.1) is 0 Å². The third-order valence-corrected chi connectivity index (χ3v) is 4.29. The molecule has 1 N–H and O–H groups in total. The standard InChI is InChI=1S/C19H24N4O5/c1-13-5-6-15-14(10-13)23(19(25)12-27-15)9-3-4-17(24)20-8-7-16-21-18(11-26-2)28-22-16/h5-6,10H,3-4,7-9,11-12H2,1-2H3,(H,20,24). The molecule has 9 heteroatoms. The molecule has 0 saturated heterocycles. The van der Waals surface area contributed by atoms with Crippen molar-refractivity contribution in [3.8, 4) is 5.75 Å². The number of anilines is 1. The highest BCUT2D eigenvalue weighted by Gasteiger charge is 2.25. The second kappa shape index (κ2) is 9.32. The van der Waals surface area contributed by atoms with Crippen molar-refractivity contribution >= 4 is 17.5 Å². The third kappa shape index (κ3) is 5.07. The van der Waals surface area contributed by atoms with Crippen LogP contribution in [0, 0.1) is 6.92 Å². The summed E-state index contributed by atoms with van der Waals surface area (Å²) in [5, 5.41) is 6.65. The maximum absolute atomic E-state index is 12.2. The van der Waals surface area contributed by atoms with Crippen molar-refractivity contribution in [3.05, 3.63) is 35.5 Å². The highest BCUT2D eigenvalue weighted by Crippen LogP contribution is 2.32. The molecule has 0 bridgehead atoms. The predicted molar refractivity (Wildman–Crippen MR) is 100.0 cm³/mol. The van der Waals surface area contributed by atoms with E-state index in [4.69, 9.17) is 14.0 Å². The van der Waals surface area contributed by atoms with E-state index in [-0.39, 0.29) is 25.0 Å². The van der Waals surface area contributed by atoms with Crippen molar-refractivity contribution < 1.29 is 23.6 Å². The number of rotatable bonds is 9. The fourth-order valence-electron chi connectivity index (χ4n) is 2.93. The first-order valence-corrected chi connectivity index (χ1v) is 9.17. The fourth-order valence-corrected chi connectivity index (χ4v) is 2.93. The van der Waals surface area contributed by atoms with E-state index in [1.807, 2.05) is 25.1 Å². The Balaban J connectivity index is 1.41. The third-order valence-electron chi connectivity index (χ3n) is 4.29. The van der Waals surface area contributed by atoms with Crippen LogP contribution in [0.4, 0.5) is 5.69 Å². The van der Waals surface area contributed by atoms with Gasteiger partial charge in [-0.1, -0.05) is 11.2 Å². The smallest absolute Gasteiger partial charge is 0.265 e. The number of amides is 2. The van der Waals surface area contributed by atoms with E-state index in [0.717, 1.165) is 11.3 Å². The SMILES string of the molecule is COCc1nc(CCNC(=O)CCCN2C(=O)COc3ccc(C)cc32)no1. The van der Waals surface area contributed by atoms with Gasteiger partial charge < -0.3 is 24.2 Å². The Kier molecular flexibility index (Phi) is 6.59. The second-order valence-corrected chi connectivity index (χ2v) is 6.55. The fraction of sp³-hybridized carbons (Fsp3) is 0.474. The predicted octanol–water partition coefficient (Wildman–Crippen LogP) is 1.39. The van der Waals surface area contributed by atoms with E-state index in [9.17, 15) is 9.59 Å². The molecule has 0 unspecified atom stereocenters. The van der Waals surface area contributed by atoms with Gasteiger partial charge in [0.2, 0.25) is 5.91 Å². The highest BCUT2D eigenvalue weighted by molar-refractivity contribution is 5.97. The van der Waals surface area contributed by atoms with E-state index in [1.54, 1.807) is 12.0 Å². The van der Waals surface area contributed by atoms with Gasteiger partial charge in [0.1, 0.15) is 12.4 Å². The van der Waals surface area contributed by atoms with E-state index < -0.39 is 0 Å². The van der Waals surface area contributed by atoms with Crippen molar-refractivity contribution in [1.29, 1.82) is 0 Å². The summed E-state index contributed by atoms with van der Waals surface area (Å²) >= 11 is 0. The summed E-state index contributed by atoms with van der Waals surface area (Å²) in [5.74, 6) is 1.46. The van der Waals surface area contributed by atoms with Crippen molar-refractivity contribution in [1.82, 2.24) is 15.5 Å². The van der Waals surface area contributed by atoms with Crippen molar-refractivity contribution in [2.75, 3.05) is 31.7 Å². The largest absolute Gasteiger partial charge is 0.482 e. The molecule has 2 aromatic rings. The molecule has 28 heavy (non-hydrogen) atoms. The molecule has 0 saturated carbocycles. The number of methoxy groups -OCH3 is 1. The number of fused-ring (bicyclic) bond motifs is 1. The van der Waals surface area contributed by atoms with Gasteiger partial charge in [0.15, 0.2) is 12.4 Å². The topological polar surface area (TPSA) is 107 Å². The van der Waals surface area contributed by atoms with E-state index in [1.165, 1.54) is 0 Å². The minimum absolute atomic E-state index is 0.0258. The first-order chi connectivity index (χ1) is 13.6. The molecule has 0 fully saturated rings. The van der Waals surface area contributed by atoms with Gasteiger partial charge in [-0.25, -0.2) is 0 Å². The lowest BCUT2D eigenvalue weighted by molar-refractivity contribution is -0.122. The van der Waals surface area contributed by atoms with Gasteiger partial charge in [0.05, 0.1) is 5.69 Å². The molecule has 1 aromatic heterocycles. The Morgan fingerprint density at radius 2 is 2.25 bits per heavy atom. The number of carbonyl (C=O) groups excluding carboxylic acids is 2. The highest BCUT2D eigenvalue weighted by atomic mass is 16.5. The Morgan fingerprint density at radius 1 is 1.39 bits per heavy atom. The molecule has 3 rings (SSSR count). The number of aromatic nitrogens is 2. The zero-order chi connectivity index (χ0) is 19.9. The van der Waals surface area contributed by atoms with Gasteiger partial charge in [-0.05, 0) is 31.0 Å². The van der Waals surface area contributed by atoms with Gasteiger partial charge >= 0.3 is 0 Å². The first-order valence-electron chi connectivity index (χ1n) is 9.17. The summed E-state index contributed by atoms with van der Waals surface area (Å²) in [6, 6.07) is 5.74. The molecule has 2 amide bonds. The van der Waals surface area contributed by atoms with Crippen LogP contribution in [0.1, 0.15) is 30.1 Å². The summed E-state index contributed by atoms with van der Waals surface area (Å²) in [7, 11) is 1.55. The minimum Gasteiger partial charge on any atom is -0.482 e. The van der Waals surface area contributed by atoms with Crippen LogP contribution in [0.2, 0.25) is 0 Å². The molecular weight excluding hydrogens is 364 g/mol. The Hall–Kier alpha value is -2.94. The van der Waals surface area contributed by atoms with Crippen LogP contribution in [0.25, 0.3) is 0 Å². The zero-order valence-electron chi connectivity index (χ0n) is 16.1. The number of benzene rings is 1. The molecule has 1 aromatic carbocycles. The van der Waals surface area contributed by atoms with Crippen molar-refractivity contribution in [3.63, 3.8) is 0 Å². The summed E-state index contributed by atoms with van der Waals surface area (Å²) < 4.78 is 15.4. The Labute approximate surface area is 163 Å². The van der Waals surface area contributed by atoms with Crippen LogP contribution in [0.15, 0.2) is 22.7 Å². The quantitative estimate of drug-likeness (QED) is 0.692. The molecular formula is C19H24N4O5. The van der Waals surface area contributed by atoms with Crippen LogP contribution < -0.4 is 15.0 Å². The van der Waals surface area contributed by atoms with Gasteiger partial charge in [0.25, 0.3) is 11.8 Å². The molecule has 1 aliphatic rings. The number of hydrogen-bond acceptors (Lipinski definition) is 7. The molecule has 2 heterocycles. The van der Waals surface area contributed by atoms with Crippen LogP contribution >= 0.6 is 0 Å². The first kappa shape index (κ1) is 19.8. The van der Waals surface area contributed by atoms with Gasteiger partial charge in [0, 0.05) is 33.0 Å². The minimum atomic E-state index is -0.0949. The van der Waals surface area contributed by atoms with Crippen molar-refractivity contribution in [2.45, 2.75) is 32.8 Å². The zero-order valence-corrected chi connectivity index (χ0v) is 16.1. The summed E-state index contributed by atoms with van der Waals surface area (Å²) in [6.45, 7) is 3.15. The molecule has 0 aliphatic carbocycles. The molecule has 150 valence electrons. The summed E-state index contributed by atoms with van der Waals surface area (Å²) in [5.41, 5.74) is 1.82. The maximum atomic E-state index is 12.2. The summed E-state index contributed by atoms with van der Waals surface area (Å²) in [6.07, 6.45) is 1.37. The maximum Gasteiger partial charge on any atom is 0.265 e. The number of nitrogens with zero attached hydrogens (tertiary/aromatic N) is 3. The van der Waals surface area contributed by atoms with Crippen LogP contribution in [-0.4, -0.2) is 48.8 Å². The van der Waals surface area contributed by atoms with Crippen LogP contribution in [0.5, 0.6) is 5.75 Å². The lowest BCUT2D eigenvalue weighted by Gasteiger charge is -2.29. The lowest BCUT2D eigenvalue weighted by atomic mass is 10.1. The Morgan fingerprint density at radius 3 is 3.07 bits per heavy atom. The van der Waals surface area contributed by atoms with Crippen LogP contribution in [-0.2, 0) is 27.4 Å². The average molecular weight is 388 g/mol. The number of ether oxygens (including phenoxy) is 2. The summed E-state index contributed by atoms with van der Waals surface area (Å²) in [4.78, 5) is 30.1. The van der Waals surface area contributed by atoms with Gasteiger partial charge in [-0.2, -0.15) is 4.98 Å². The normalized spacial score (nSPS) is 13.2. The number of hydrogen-bond donors (Lipinski definition) is 1. The van der Waals surface area contributed by atoms with E-state index in [2.05, 4.69) is 15.5 Å². The lowest BCUT2D eigenvalue weighted by Crippen LogP contribution is -2.39. The number of carbonyl (C=O) groups is 2. The number of nitrogens with one attached hydrogen (secondary N) is 1. The van der Waals surface area contributed by atoms with Crippen molar-refractivity contribution in [2.24, 2.45) is 0 Å². The Bertz CT molecular complexity index is 835. The molecule has 1 aliphatic heterocycles. The molecule has 0 atom stereocenters. The molecule has 9 nitrogen and oxygen atoms in total. The van der Waals surface area contributed by atoms with E-state index in [0.29, 0.717) is 49.8 Å². The monoisotopic (exact) mass is 388 g/mol. The van der Waals surface area contributed by atoms with Gasteiger partial charge in [-0.3, -0.25) is 9.59 Å². The van der Waals surface area contributed by atoms with E-state index >= 15 is 0 Å². The second-order valence-electron chi connectivity index (χ2n) is 6.55. The number of aryl methyl sites for hydroxylation is 1. The molecule has 0 radical (unpaired) electrons. The molecule has 0 spiro atoms. The van der Waals surface area contributed by atoms with Crippen LogP contribution in [0.3, 0.4) is 0 Å².